The van der Waals surface area contributed by atoms with E-state index < -0.39 is 0 Å². The van der Waals surface area contributed by atoms with Crippen molar-refractivity contribution in [2.24, 2.45) is 0 Å². The van der Waals surface area contributed by atoms with Crippen LogP contribution >= 0.6 is 15.9 Å². The zero-order chi connectivity index (χ0) is 11.3. The number of halogens is 2. The number of hydrogen-bond acceptors (Lipinski definition) is 1. The SMILES string of the molecule is Cc1nc2c3ccc(F)cc3ccn2c1Br. The highest BCUT2D eigenvalue weighted by Gasteiger charge is 2.08. The average Bonchev–Trinajstić information content (AvgIpc) is 2.55. The number of hydrogen-bond donors (Lipinski definition) is 0. The second-order valence-electron chi connectivity index (χ2n) is 3.73. The van der Waals surface area contributed by atoms with Crippen LogP contribution in [0.3, 0.4) is 0 Å². The number of nitrogens with zero attached hydrogens (tertiary/aromatic N) is 2. The summed E-state index contributed by atoms with van der Waals surface area (Å²) >= 11 is 3.48. The van der Waals surface area contributed by atoms with Crippen molar-refractivity contribution in [3.8, 4) is 0 Å². The molecule has 3 aromatic rings. The van der Waals surface area contributed by atoms with E-state index >= 15 is 0 Å². The third-order valence-corrected chi connectivity index (χ3v) is 3.63. The molecule has 0 bridgehead atoms. The average molecular weight is 279 g/mol. The fraction of sp³-hybridized carbons (Fsp3) is 0.0833. The minimum absolute atomic E-state index is 0.223. The minimum atomic E-state index is -0.223. The molecule has 0 aliphatic heterocycles. The van der Waals surface area contributed by atoms with Crippen molar-refractivity contribution in [3.05, 3.63) is 46.6 Å². The summed E-state index contributed by atoms with van der Waals surface area (Å²) < 4.78 is 16.0. The Morgan fingerprint density at radius 1 is 1.31 bits per heavy atom. The normalized spacial score (nSPS) is 11.4. The summed E-state index contributed by atoms with van der Waals surface area (Å²) in [7, 11) is 0. The first-order chi connectivity index (χ1) is 7.66. The van der Waals surface area contributed by atoms with Crippen molar-refractivity contribution in [2.45, 2.75) is 6.92 Å². The molecule has 3 rings (SSSR count). The molecule has 0 amide bonds. The molecule has 80 valence electrons. The van der Waals surface area contributed by atoms with Crippen molar-refractivity contribution in [1.82, 2.24) is 9.38 Å². The Morgan fingerprint density at radius 3 is 2.94 bits per heavy atom. The minimum Gasteiger partial charge on any atom is -0.293 e. The third-order valence-electron chi connectivity index (χ3n) is 2.67. The van der Waals surface area contributed by atoms with Crippen LogP contribution < -0.4 is 0 Å². The number of aryl methyl sites for hydroxylation is 1. The van der Waals surface area contributed by atoms with Gasteiger partial charge in [-0.15, -0.1) is 0 Å². The van der Waals surface area contributed by atoms with Crippen molar-refractivity contribution in [2.75, 3.05) is 0 Å². The Bertz CT molecular complexity index is 703. The highest BCUT2D eigenvalue weighted by molar-refractivity contribution is 9.10. The molecule has 0 spiro atoms. The molecule has 0 aliphatic rings. The standard InChI is InChI=1S/C12H8BrFN2/c1-7-11(13)16-5-4-8-6-9(14)2-3-10(8)12(16)15-7/h2-6H,1H3. The van der Waals surface area contributed by atoms with E-state index in [0.717, 1.165) is 26.7 Å². The molecule has 0 N–H and O–H groups in total. The number of imidazole rings is 1. The van der Waals surface area contributed by atoms with Crippen molar-refractivity contribution < 1.29 is 4.39 Å². The van der Waals surface area contributed by atoms with Gasteiger partial charge in [0.1, 0.15) is 16.1 Å². The summed E-state index contributed by atoms with van der Waals surface area (Å²) in [4.78, 5) is 4.46. The highest BCUT2D eigenvalue weighted by atomic mass is 79.9. The first-order valence-corrected chi connectivity index (χ1v) is 5.68. The summed E-state index contributed by atoms with van der Waals surface area (Å²) in [5.41, 5.74) is 1.78. The van der Waals surface area contributed by atoms with E-state index in [9.17, 15) is 4.39 Å². The zero-order valence-electron chi connectivity index (χ0n) is 8.54. The predicted octanol–water partition coefficient (Wildman–Crippen LogP) is 3.70. The molecular weight excluding hydrogens is 271 g/mol. The Balaban J connectivity index is 2.54. The molecule has 0 saturated carbocycles. The van der Waals surface area contributed by atoms with Crippen LogP contribution in [0.5, 0.6) is 0 Å². The molecule has 0 radical (unpaired) electrons. The largest absolute Gasteiger partial charge is 0.293 e. The maximum absolute atomic E-state index is 13.1. The van der Waals surface area contributed by atoms with Gasteiger partial charge in [0.05, 0.1) is 5.69 Å². The third kappa shape index (κ3) is 1.26. The molecule has 2 nitrogen and oxygen atoms in total. The molecule has 2 heterocycles. The maximum atomic E-state index is 13.1. The number of pyridine rings is 1. The lowest BCUT2D eigenvalue weighted by atomic mass is 10.2. The van der Waals surface area contributed by atoms with E-state index in [1.165, 1.54) is 12.1 Å². The van der Waals surface area contributed by atoms with Crippen molar-refractivity contribution in [3.63, 3.8) is 0 Å². The van der Waals surface area contributed by atoms with E-state index in [2.05, 4.69) is 20.9 Å². The van der Waals surface area contributed by atoms with Gasteiger partial charge in [0.2, 0.25) is 0 Å². The number of rotatable bonds is 0. The quantitative estimate of drug-likeness (QED) is 0.613. The smallest absolute Gasteiger partial charge is 0.145 e. The number of fused-ring (bicyclic) bond motifs is 3. The van der Waals surface area contributed by atoms with Crippen LogP contribution in [0.15, 0.2) is 35.1 Å². The molecule has 0 aliphatic carbocycles. The molecule has 4 heteroatoms. The fourth-order valence-corrected chi connectivity index (χ4v) is 2.26. The van der Waals surface area contributed by atoms with Gasteiger partial charge in [-0.3, -0.25) is 4.40 Å². The Kier molecular flexibility index (Phi) is 2.01. The first-order valence-electron chi connectivity index (χ1n) is 4.89. The summed E-state index contributed by atoms with van der Waals surface area (Å²) in [6, 6.07) is 6.63. The van der Waals surface area contributed by atoms with E-state index in [0.29, 0.717) is 0 Å². The van der Waals surface area contributed by atoms with Crippen molar-refractivity contribution in [1.29, 1.82) is 0 Å². The van der Waals surface area contributed by atoms with Gasteiger partial charge >= 0.3 is 0 Å². The Morgan fingerprint density at radius 2 is 2.12 bits per heavy atom. The zero-order valence-corrected chi connectivity index (χ0v) is 10.1. The Labute approximate surface area is 99.8 Å². The molecule has 16 heavy (non-hydrogen) atoms. The number of benzene rings is 1. The van der Waals surface area contributed by atoms with Gasteiger partial charge in [-0.25, -0.2) is 9.37 Å². The Hall–Kier alpha value is -1.42. The molecule has 1 aromatic carbocycles. The fourth-order valence-electron chi connectivity index (χ4n) is 1.88. The molecule has 2 aromatic heterocycles. The summed E-state index contributed by atoms with van der Waals surface area (Å²) in [6.45, 7) is 1.94. The highest BCUT2D eigenvalue weighted by Crippen LogP contribution is 2.25. The van der Waals surface area contributed by atoms with Gasteiger partial charge in [0, 0.05) is 11.6 Å². The van der Waals surface area contributed by atoms with Gasteiger partial charge in [-0.2, -0.15) is 0 Å². The first kappa shape index (κ1) is 9.78. The second-order valence-corrected chi connectivity index (χ2v) is 4.48. The van der Waals surface area contributed by atoms with Crippen LogP contribution in [0, 0.1) is 12.7 Å². The van der Waals surface area contributed by atoms with Crippen LogP contribution in [0.1, 0.15) is 5.69 Å². The monoisotopic (exact) mass is 278 g/mol. The van der Waals surface area contributed by atoms with Gasteiger partial charge in [-0.05, 0) is 52.5 Å². The summed E-state index contributed by atoms with van der Waals surface area (Å²) in [5.74, 6) is -0.223. The van der Waals surface area contributed by atoms with E-state index in [1.54, 1.807) is 6.07 Å². The second kappa shape index (κ2) is 3.28. The van der Waals surface area contributed by atoms with Crippen LogP contribution in [0.4, 0.5) is 4.39 Å². The number of aromatic nitrogens is 2. The molecule has 0 atom stereocenters. The van der Waals surface area contributed by atoms with Gasteiger partial charge < -0.3 is 0 Å². The molecule has 0 unspecified atom stereocenters. The van der Waals surface area contributed by atoms with Crippen LogP contribution in [-0.4, -0.2) is 9.38 Å². The van der Waals surface area contributed by atoms with Crippen molar-refractivity contribution >= 4 is 32.3 Å². The predicted molar refractivity (Wildman–Crippen MR) is 65.1 cm³/mol. The van der Waals surface area contributed by atoms with E-state index in [1.807, 2.05) is 23.6 Å². The van der Waals surface area contributed by atoms with E-state index in [-0.39, 0.29) is 5.82 Å². The molecule has 0 fully saturated rings. The molecule has 0 saturated heterocycles. The summed E-state index contributed by atoms with van der Waals surface area (Å²) in [5, 5.41) is 1.82. The van der Waals surface area contributed by atoms with Gasteiger partial charge in [0.25, 0.3) is 0 Å². The summed E-state index contributed by atoms with van der Waals surface area (Å²) in [6.07, 6.45) is 1.89. The van der Waals surface area contributed by atoms with Crippen LogP contribution in [-0.2, 0) is 0 Å². The molecular formula is C12H8BrFN2. The van der Waals surface area contributed by atoms with Crippen LogP contribution in [0.2, 0.25) is 0 Å². The van der Waals surface area contributed by atoms with Gasteiger partial charge in [0.15, 0.2) is 0 Å². The van der Waals surface area contributed by atoms with Crippen LogP contribution in [0.25, 0.3) is 16.4 Å². The lowest BCUT2D eigenvalue weighted by Gasteiger charge is -2.01. The van der Waals surface area contributed by atoms with Gasteiger partial charge in [-0.1, -0.05) is 0 Å². The van der Waals surface area contributed by atoms with E-state index in [4.69, 9.17) is 0 Å². The lowest BCUT2D eigenvalue weighted by molar-refractivity contribution is 0.630. The lowest BCUT2D eigenvalue weighted by Crippen LogP contribution is -1.86. The topological polar surface area (TPSA) is 17.3 Å². The maximum Gasteiger partial charge on any atom is 0.145 e.